The molecule has 0 saturated heterocycles. The van der Waals surface area contributed by atoms with E-state index in [1.54, 1.807) is 7.11 Å². The molecule has 106 valence electrons. The van der Waals surface area contributed by atoms with E-state index in [9.17, 15) is 8.42 Å². The average molecular weight is 286 g/mol. The van der Waals surface area contributed by atoms with Crippen LogP contribution in [-0.2, 0) is 14.8 Å². The Morgan fingerprint density at radius 3 is 2.58 bits per heavy atom. The summed E-state index contributed by atoms with van der Waals surface area (Å²) in [5.41, 5.74) is 6.07. The number of hydrogen-bond acceptors (Lipinski definition) is 5. The first-order chi connectivity index (χ1) is 8.96. The maximum absolute atomic E-state index is 12.2. The number of hydrogen-bond donors (Lipinski definition) is 2. The van der Waals surface area contributed by atoms with E-state index < -0.39 is 10.0 Å². The lowest BCUT2D eigenvalue weighted by molar-refractivity contribution is 0.0236. The molecule has 0 heterocycles. The number of sulfonamides is 1. The minimum atomic E-state index is -3.60. The second-order valence-corrected chi connectivity index (χ2v) is 6.24. The van der Waals surface area contributed by atoms with E-state index in [2.05, 4.69) is 4.72 Å². The first-order valence-corrected chi connectivity index (χ1v) is 7.43. The maximum atomic E-state index is 12.2. The summed E-state index contributed by atoms with van der Waals surface area (Å²) in [5.74, 6) is 0.245. The molecule has 1 saturated carbocycles. The lowest BCUT2D eigenvalue weighted by atomic mass is 9.90. The quantitative estimate of drug-likeness (QED) is 0.779. The summed E-state index contributed by atoms with van der Waals surface area (Å²) in [6.45, 7) is 0. The molecule has 0 atom stereocenters. The number of ether oxygens (including phenoxy) is 2. The fraction of sp³-hybridized carbons (Fsp3) is 0.500. The van der Waals surface area contributed by atoms with Crippen LogP contribution in [0.2, 0.25) is 0 Å². The molecule has 1 aromatic carbocycles. The van der Waals surface area contributed by atoms with Crippen molar-refractivity contribution >= 4 is 15.7 Å². The summed E-state index contributed by atoms with van der Waals surface area (Å²) in [6.07, 6.45) is 1.51. The molecule has 1 aliphatic rings. The highest BCUT2D eigenvalue weighted by molar-refractivity contribution is 7.89. The predicted molar refractivity (Wildman–Crippen MR) is 71.5 cm³/mol. The minimum absolute atomic E-state index is 0.0859. The van der Waals surface area contributed by atoms with Gasteiger partial charge in [-0.1, -0.05) is 0 Å². The Balaban J connectivity index is 2.16. The van der Waals surface area contributed by atoms with Gasteiger partial charge in [0.25, 0.3) is 0 Å². The Kier molecular flexibility index (Phi) is 3.98. The molecule has 0 bridgehead atoms. The molecule has 0 amide bonds. The summed E-state index contributed by atoms with van der Waals surface area (Å²) in [5, 5.41) is 0. The van der Waals surface area contributed by atoms with Gasteiger partial charge < -0.3 is 15.2 Å². The second-order valence-electron chi connectivity index (χ2n) is 4.56. The maximum Gasteiger partial charge on any atom is 0.244 e. The van der Waals surface area contributed by atoms with Crippen molar-refractivity contribution in [1.29, 1.82) is 0 Å². The average Bonchev–Trinajstić information content (AvgIpc) is 2.32. The summed E-state index contributed by atoms with van der Waals surface area (Å²) in [4.78, 5) is 0.102. The first-order valence-electron chi connectivity index (χ1n) is 5.95. The second kappa shape index (κ2) is 5.36. The molecule has 0 spiro atoms. The van der Waals surface area contributed by atoms with Crippen molar-refractivity contribution in [3.63, 3.8) is 0 Å². The van der Waals surface area contributed by atoms with Gasteiger partial charge in [-0.3, -0.25) is 0 Å². The van der Waals surface area contributed by atoms with Crippen molar-refractivity contribution in [2.45, 2.75) is 29.9 Å². The van der Waals surface area contributed by atoms with E-state index in [1.165, 1.54) is 25.3 Å². The molecular weight excluding hydrogens is 268 g/mol. The fourth-order valence-electron chi connectivity index (χ4n) is 2.04. The van der Waals surface area contributed by atoms with Crippen LogP contribution in [0.25, 0.3) is 0 Å². The third-order valence-electron chi connectivity index (χ3n) is 3.23. The van der Waals surface area contributed by atoms with Gasteiger partial charge >= 0.3 is 0 Å². The molecule has 0 unspecified atom stereocenters. The van der Waals surface area contributed by atoms with Crippen LogP contribution in [0, 0.1) is 0 Å². The molecule has 2 rings (SSSR count). The number of methoxy groups -OCH3 is 2. The number of anilines is 1. The molecule has 0 aromatic heterocycles. The van der Waals surface area contributed by atoms with Gasteiger partial charge in [0.15, 0.2) is 0 Å². The number of nitrogen functional groups attached to an aromatic ring is 1. The monoisotopic (exact) mass is 286 g/mol. The van der Waals surface area contributed by atoms with Crippen molar-refractivity contribution in [3.8, 4) is 5.75 Å². The van der Waals surface area contributed by atoms with Crippen molar-refractivity contribution in [2.24, 2.45) is 0 Å². The van der Waals surface area contributed by atoms with E-state index in [4.69, 9.17) is 15.2 Å². The molecule has 0 aliphatic heterocycles. The van der Waals surface area contributed by atoms with Gasteiger partial charge in [0.05, 0.1) is 13.2 Å². The number of rotatable bonds is 5. The summed E-state index contributed by atoms with van der Waals surface area (Å²) in [6, 6.07) is 4.39. The molecule has 7 heteroatoms. The SMILES string of the molecule is COc1cc(N)ccc1S(=O)(=O)NC1CC(OC)C1. The highest BCUT2D eigenvalue weighted by Crippen LogP contribution is 2.29. The van der Waals surface area contributed by atoms with Crippen LogP contribution in [-0.4, -0.2) is 34.8 Å². The standard InChI is InChI=1S/C12H18N2O4S/c1-17-10-6-9(7-10)14-19(15,16)12-4-3-8(13)5-11(12)18-2/h3-5,9-10,14H,6-7,13H2,1-2H3. The first kappa shape index (κ1) is 14.1. The van der Waals surface area contributed by atoms with Gasteiger partial charge in [0.2, 0.25) is 10.0 Å². The molecule has 1 aliphatic carbocycles. The molecule has 1 aromatic rings. The van der Waals surface area contributed by atoms with Crippen LogP contribution >= 0.6 is 0 Å². The van der Waals surface area contributed by atoms with E-state index in [-0.39, 0.29) is 22.8 Å². The van der Waals surface area contributed by atoms with E-state index in [0.717, 1.165) is 0 Å². The molecule has 0 radical (unpaired) electrons. The lowest BCUT2D eigenvalue weighted by Gasteiger charge is -2.34. The Morgan fingerprint density at radius 1 is 1.32 bits per heavy atom. The van der Waals surface area contributed by atoms with Crippen molar-refractivity contribution in [1.82, 2.24) is 4.72 Å². The Morgan fingerprint density at radius 2 is 2.00 bits per heavy atom. The number of nitrogens with one attached hydrogen (secondary N) is 1. The third kappa shape index (κ3) is 2.99. The topological polar surface area (TPSA) is 90.7 Å². The van der Waals surface area contributed by atoms with Crippen LogP contribution < -0.4 is 15.2 Å². The van der Waals surface area contributed by atoms with E-state index in [0.29, 0.717) is 18.5 Å². The van der Waals surface area contributed by atoms with Crippen LogP contribution in [0.3, 0.4) is 0 Å². The van der Waals surface area contributed by atoms with Crippen molar-refractivity contribution in [2.75, 3.05) is 20.0 Å². The number of benzene rings is 1. The highest BCUT2D eigenvalue weighted by Gasteiger charge is 2.33. The summed E-state index contributed by atoms with van der Waals surface area (Å²) >= 11 is 0. The van der Waals surface area contributed by atoms with Crippen LogP contribution in [0.15, 0.2) is 23.1 Å². The molecule has 1 fully saturated rings. The molecule has 19 heavy (non-hydrogen) atoms. The highest BCUT2D eigenvalue weighted by atomic mass is 32.2. The van der Waals surface area contributed by atoms with Crippen LogP contribution in [0.5, 0.6) is 5.75 Å². The van der Waals surface area contributed by atoms with Gasteiger partial charge in [-0.2, -0.15) is 0 Å². The largest absolute Gasteiger partial charge is 0.495 e. The van der Waals surface area contributed by atoms with Crippen LogP contribution in [0.4, 0.5) is 5.69 Å². The Bertz CT molecular complexity index is 553. The van der Waals surface area contributed by atoms with Crippen molar-refractivity contribution in [3.05, 3.63) is 18.2 Å². The number of nitrogens with two attached hydrogens (primary N) is 1. The Hall–Kier alpha value is -1.31. The minimum Gasteiger partial charge on any atom is -0.495 e. The van der Waals surface area contributed by atoms with Gasteiger partial charge in [-0.05, 0) is 25.0 Å². The third-order valence-corrected chi connectivity index (χ3v) is 4.79. The molecular formula is C12H18N2O4S. The smallest absolute Gasteiger partial charge is 0.244 e. The molecule has 3 N–H and O–H groups in total. The van der Waals surface area contributed by atoms with Gasteiger partial charge in [-0.15, -0.1) is 0 Å². The zero-order valence-corrected chi connectivity index (χ0v) is 11.7. The summed E-state index contributed by atoms with van der Waals surface area (Å²) < 4.78 is 37.3. The fourth-order valence-corrected chi connectivity index (χ4v) is 3.46. The lowest BCUT2D eigenvalue weighted by Crippen LogP contribution is -2.47. The van der Waals surface area contributed by atoms with E-state index in [1.807, 2.05) is 0 Å². The Labute approximate surface area is 112 Å². The van der Waals surface area contributed by atoms with Gasteiger partial charge in [0, 0.05) is 24.9 Å². The van der Waals surface area contributed by atoms with Gasteiger partial charge in [0.1, 0.15) is 10.6 Å². The predicted octanol–water partition coefficient (Wildman–Crippen LogP) is 0.733. The van der Waals surface area contributed by atoms with Crippen LogP contribution in [0.1, 0.15) is 12.8 Å². The normalized spacial score (nSPS) is 22.8. The summed E-state index contributed by atoms with van der Waals surface area (Å²) in [7, 11) is -0.559. The zero-order valence-electron chi connectivity index (χ0n) is 10.9. The van der Waals surface area contributed by atoms with Gasteiger partial charge in [-0.25, -0.2) is 13.1 Å². The zero-order chi connectivity index (χ0) is 14.0. The molecule has 6 nitrogen and oxygen atoms in total. The van der Waals surface area contributed by atoms with Crippen molar-refractivity contribution < 1.29 is 17.9 Å². The van der Waals surface area contributed by atoms with E-state index >= 15 is 0 Å².